The van der Waals surface area contributed by atoms with Crippen molar-refractivity contribution in [1.29, 1.82) is 0 Å². The van der Waals surface area contributed by atoms with Gasteiger partial charge in [0.05, 0.1) is 0 Å². The zero-order valence-electron chi connectivity index (χ0n) is 8.81. The minimum Gasteiger partial charge on any atom is -0.249 e. The van der Waals surface area contributed by atoms with Crippen LogP contribution >= 0.6 is 0 Å². The van der Waals surface area contributed by atoms with Crippen molar-refractivity contribution in [3.05, 3.63) is 36.7 Å². The van der Waals surface area contributed by atoms with Gasteiger partial charge >= 0.3 is 0 Å². The maximum atomic E-state index is 4.14. The largest absolute Gasteiger partial charge is 0.249 e. The second kappa shape index (κ2) is 5.17. The predicted molar refractivity (Wildman–Crippen MR) is 57.8 cm³/mol. The number of aromatic nitrogens is 3. The Bertz CT molecular complexity index is 365. The molecule has 0 N–H and O–H groups in total. The number of aryl methyl sites for hydroxylation is 1. The lowest BCUT2D eigenvalue weighted by molar-refractivity contribution is 0.774. The number of hydrogen-bond donors (Lipinski definition) is 0. The lowest BCUT2D eigenvalue weighted by atomic mass is 10.2. The topological polar surface area (TPSA) is 30.7 Å². The molecular weight excluding hydrogens is 174 g/mol. The van der Waals surface area contributed by atoms with Crippen molar-refractivity contribution in [2.24, 2.45) is 7.05 Å². The van der Waals surface area contributed by atoms with E-state index in [-0.39, 0.29) is 0 Å². The van der Waals surface area contributed by atoms with Crippen LogP contribution in [0.1, 0.15) is 13.8 Å². The Balaban J connectivity index is 0.000000461. The van der Waals surface area contributed by atoms with Crippen LogP contribution in [-0.2, 0) is 7.05 Å². The molecule has 0 bridgehead atoms. The van der Waals surface area contributed by atoms with E-state index in [1.165, 1.54) is 0 Å². The lowest BCUT2D eigenvalue weighted by Gasteiger charge is -1.97. The van der Waals surface area contributed by atoms with Crippen LogP contribution in [0.5, 0.6) is 0 Å². The molecule has 0 radical (unpaired) electrons. The standard InChI is InChI=1S/C9H9N3.C2H6/c1-12-9(10-7-11-12)8-5-3-2-4-6-8;1-2/h2-7H,1H3;1-2H3. The van der Waals surface area contributed by atoms with Crippen LogP contribution in [0.25, 0.3) is 11.4 Å². The SMILES string of the molecule is CC.Cn1ncnc1-c1ccccc1. The Morgan fingerprint density at radius 1 is 1.07 bits per heavy atom. The molecule has 2 aromatic rings. The monoisotopic (exact) mass is 189 g/mol. The maximum Gasteiger partial charge on any atom is 0.157 e. The summed E-state index contributed by atoms with van der Waals surface area (Å²) in [6, 6.07) is 10.0. The molecule has 1 aromatic heterocycles. The molecule has 14 heavy (non-hydrogen) atoms. The molecule has 3 nitrogen and oxygen atoms in total. The van der Waals surface area contributed by atoms with Gasteiger partial charge in [-0.2, -0.15) is 5.10 Å². The fraction of sp³-hybridized carbons (Fsp3) is 0.273. The van der Waals surface area contributed by atoms with E-state index in [1.54, 1.807) is 11.0 Å². The smallest absolute Gasteiger partial charge is 0.157 e. The van der Waals surface area contributed by atoms with Crippen molar-refractivity contribution in [1.82, 2.24) is 14.8 Å². The van der Waals surface area contributed by atoms with E-state index in [0.29, 0.717) is 0 Å². The zero-order valence-corrected chi connectivity index (χ0v) is 8.81. The summed E-state index contributed by atoms with van der Waals surface area (Å²) in [6.07, 6.45) is 1.56. The van der Waals surface area contributed by atoms with E-state index in [2.05, 4.69) is 10.1 Å². The van der Waals surface area contributed by atoms with Crippen LogP contribution < -0.4 is 0 Å². The molecule has 0 aliphatic rings. The van der Waals surface area contributed by atoms with Crippen LogP contribution in [0, 0.1) is 0 Å². The van der Waals surface area contributed by atoms with Crippen molar-refractivity contribution in [3.8, 4) is 11.4 Å². The van der Waals surface area contributed by atoms with Crippen molar-refractivity contribution in [3.63, 3.8) is 0 Å². The zero-order chi connectivity index (χ0) is 10.4. The first-order valence-electron chi connectivity index (χ1n) is 4.77. The summed E-state index contributed by atoms with van der Waals surface area (Å²) in [7, 11) is 1.88. The molecule has 0 unspecified atom stereocenters. The Morgan fingerprint density at radius 2 is 1.71 bits per heavy atom. The molecule has 0 saturated carbocycles. The van der Waals surface area contributed by atoms with Gasteiger partial charge in [-0.15, -0.1) is 0 Å². The molecule has 0 spiro atoms. The van der Waals surface area contributed by atoms with Crippen LogP contribution in [0.2, 0.25) is 0 Å². The van der Waals surface area contributed by atoms with Crippen LogP contribution in [0.15, 0.2) is 36.7 Å². The van der Waals surface area contributed by atoms with Crippen molar-refractivity contribution in [2.75, 3.05) is 0 Å². The Morgan fingerprint density at radius 3 is 2.21 bits per heavy atom. The highest BCUT2D eigenvalue weighted by atomic mass is 15.3. The Hall–Kier alpha value is -1.64. The molecule has 0 saturated heterocycles. The molecule has 0 aliphatic heterocycles. The highest BCUT2D eigenvalue weighted by molar-refractivity contribution is 5.54. The Labute approximate surface area is 84.4 Å². The van der Waals surface area contributed by atoms with E-state index in [4.69, 9.17) is 0 Å². The molecule has 0 aliphatic carbocycles. The fourth-order valence-corrected chi connectivity index (χ4v) is 1.14. The lowest BCUT2D eigenvalue weighted by Crippen LogP contribution is -1.93. The summed E-state index contributed by atoms with van der Waals surface area (Å²) in [6.45, 7) is 4.00. The van der Waals surface area contributed by atoms with Gasteiger partial charge in [0.2, 0.25) is 0 Å². The molecule has 1 heterocycles. The van der Waals surface area contributed by atoms with Crippen molar-refractivity contribution in [2.45, 2.75) is 13.8 Å². The highest BCUT2D eigenvalue weighted by Crippen LogP contribution is 2.13. The molecule has 1 aromatic carbocycles. The van der Waals surface area contributed by atoms with E-state index in [1.807, 2.05) is 51.2 Å². The van der Waals surface area contributed by atoms with Crippen LogP contribution in [0.4, 0.5) is 0 Å². The summed E-state index contributed by atoms with van der Waals surface area (Å²) in [5.41, 5.74) is 1.09. The minimum absolute atomic E-state index is 0.899. The van der Waals surface area contributed by atoms with E-state index in [0.717, 1.165) is 11.4 Å². The molecule has 0 fully saturated rings. The van der Waals surface area contributed by atoms with Gasteiger partial charge in [0.1, 0.15) is 6.33 Å². The van der Waals surface area contributed by atoms with Gasteiger partial charge in [-0.3, -0.25) is 0 Å². The maximum absolute atomic E-state index is 4.14. The summed E-state index contributed by atoms with van der Waals surface area (Å²) >= 11 is 0. The minimum atomic E-state index is 0.899. The third-order valence-electron chi connectivity index (χ3n) is 1.74. The molecule has 2 rings (SSSR count). The Kier molecular flexibility index (Phi) is 3.85. The third kappa shape index (κ3) is 2.19. The molecule has 0 amide bonds. The van der Waals surface area contributed by atoms with E-state index < -0.39 is 0 Å². The number of hydrogen-bond acceptors (Lipinski definition) is 2. The third-order valence-corrected chi connectivity index (χ3v) is 1.74. The number of benzene rings is 1. The van der Waals surface area contributed by atoms with Crippen molar-refractivity contribution < 1.29 is 0 Å². The fourth-order valence-electron chi connectivity index (χ4n) is 1.14. The van der Waals surface area contributed by atoms with E-state index >= 15 is 0 Å². The van der Waals surface area contributed by atoms with Gasteiger partial charge in [-0.25, -0.2) is 9.67 Å². The van der Waals surface area contributed by atoms with Gasteiger partial charge in [0, 0.05) is 12.6 Å². The summed E-state index contributed by atoms with van der Waals surface area (Å²) in [5.74, 6) is 0.899. The highest BCUT2D eigenvalue weighted by Gasteiger charge is 2.00. The number of nitrogens with zero attached hydrogens (tertiary/aromatic N) is 3. The molecule has 74 valence electrons. The summed E-state index contributed by atoms with van der Waals surface area (Å²) in [5, 5.41) is 4.00. The van der Waals surface area contributed by atoms with Gasteiger partial charge < -0.3 is 0 Å². The summed E-state index contributed by atoms with van der Waals surface area (Å²) in [4.78, 5) is 4.14. The average Bonchev–Trinajstić information content (AvgIpc) is 2.69. The van der Waals surface area contributed by atoms with Gasteiger partial charge in [0.15, 0.2) is 5.82 Å². The van der Waals surface area contributed by atoms with Gasteiger partial charge in [-0.05, 0) is 0 Å². The predicted octanol–water partition coefficient (Wildman–Crippen LogP) is 2.51. The summed E-state index contributed by atoms with van der Waals surface area (Å²) < 4.78 is 1.76. The molecule has 0 atom stereocenters. The van der Waals surface area contributed by atoms with Gasteiger partial charge in [0.25, 0.3) is 0 Å². The number of rotatable bonds is 1. The van der Waals surface area contributed by atoms with Gasteiger partial charge in [-0.1, -0.05) is 44.2 Å². The van der Waals surface area contributed by atoms with Crippen LogP contribution in [-0.4, -0.2) is 14.8 Å². The van der Waals surface area contributed by atoms with Crippen molar-refractivity contribution >= 4 is 0 Å². The normalized spacial score (nSPS) is 9.07. The first-order chi connectivity index (χ1) is 6.88. The second-order valence-corrected chi connectivity index (χ2v) is 2.57. The first-order valence-corrected chi connectivity index (χ1v) is 4.77. The average molecular weight is 189 g/mol. The van der Waals surface area contributed by atoms with Crippen LogP contribution in [0.3, 0.4) is 0 Å². The van der Waals surface area contributed by atoms with E-state index in [9.17, 15) is 0 Å². The molecule has 3 heteroatoms. The first kappa shape index (κ1) is 10.4. The quantitative estimate of drug-likeness (QED) is 0.690. The second-order valence-electron chi connectivity index (χ2n) is 2.57. The molecular formula is C11H15N3.